The second-order valence-corrected chi connectivity index (χ2v) is 9.13. The molecule has 3 atom stereocenters. The van der Waals surface area contributed by atoms with Crippen molar-refractivity contribution in [2.75, 3.05) is 46.0 Å². The Morgan fingerprint density at radius 1 is 1.23 bits per heavy atom. The normalized spacial score (nSPS) is 29.4. The maximum absolute atomic E-state index is 13.2. The Morgan fingerprint density at radius 3 is 2.81 bits per heavy atom. The van der Waals surface area contributed by atoms with E-state index in [0.29, 0.717) is 25.6 Å². The van der Waals surface area contributed by atoms with Gasteiger partial charge in [-0.15, -0.1) is 0 Å². The van der Waals surface area contributed by atoms with Gasteiger partial charge in [0.1, 0.15) is 0 Å². The molecular weight excluding hydrogens is 396 g/mol. The molecule has 3 aliphatic rings. The summed E-state index contributed by atoms with van der Waals surface area (Å²) in [6.07, 6.45) is 8.59. The van der Waals surface area contributed by atoms with Crippen LogP contribution in [-0.4, -0.2) is 83.5 Å². The van der Waals surface area contributed by atoms with Crippen molar-refractivity contribution in [3.8, 4) is 0 Å². The summed E-state index contributed by atoms with van der Waals surface area (Å²) in [5, 5.41) is 4.20. The van der Waals surface area contributed by atoms with Crippen molar-refractivity contribution in [3.05, 3.63) is 18.5 Å². The highest BCUT2D eigenvalue weighted by atomic mass is 16.5. The fraction of sp³-hybridized carbons (Fsp3) is 0.783. The molecule has 0 unspecified atom stereocenters. The van der Waals surface area contributed by atoms with E-state index in [1.165, 1.54) is 0 Å². The van der Waals surface area contributed by atoms with Crippen LogP contribution < -0.4 is 0 Å². The number of amides is 1. The number of likely N-dealkylation sites (tertiary alicyclic amines) is 1. The summed E-state index contributed by atoms with van der Waals surface area (Å²) in [5.41, 5.74) is -0.547. The van der Waals surface area contributed by atoms with E-state index < -0.39 is 5.41 Å². The predicted molar refractivity (Wildman–Crippen MR) is 115 cm³/mol. The van der Waals surface area contributed by atoms with Crippen LogP contribution in [0.5, 0.6) is 0 Å². The number of rotatable bonds is 7. The average Bonchev–Trinajstić information content (AvgIpc) is 3.32. The fourth-order valence-corrected chi connectivity index (χ4v) is 5.71. The Kier molecular flexibility index (Phi) is 7.27. The molecule has 2 aliphatic heterocycles. The molecule has 0 spiro atoms. The summed E-state index contributed by atoms with van der Waals surface area (Å²) in [5.74, 6) is 0.320. The number of carbonyl (C=O) groups is 2. The third-order valence-electron chi connectivity index (χ3n) is 7.42. The highest BCUT2D eigenvalue weighted by molar-refractivity contribution is 5.81. The van der Waals surface area contributed by atoms with Gasteiger partial charge in [-0.1, -0.05) is 0 Å². The Bertz CT molecular complexity index is 734. The quantitative estimate of drug-likeness (QED) is 0.613. The second-order valence-electron chi connectivity index (χ2n) is 9.13. The summed E-state index contributed by atoms with van der Waals surface area (Å²) in [7, 11) is 0. The molecule has 0 radical (unpaired) electrons. The Labute approximate surface area is 184 Å². The lowest BCUT2D eigenvalue weighted by Gasteiger charge is -2.52. The maximum Gasteiger partial charge on any atom is 0.314 e. The summed E-state index contributed by atoms with van der Waals surface area (Å²) in [4.78, 5) is 30.6. The average molecular weight is 433 g/mol. The lowest BCUT2D eigenvalue weighted by Crippen LogP contribution is -2.59. The van der Waals surface area contributed by atoms with Crippen LogP contribution in [-0.2, 0) is 25.6 Å². The minimum atomic E-state index is -0.547. The van der Waals surface area contributed by atoms with Crippen molar-refractivity contribution < 1.29 is 19.1 Å². The van der Waals surface area contributed by atoms with Crippen LogP contribution in [0.3, 0.4) is 0 Å². The molecule has 4 rings (SSSR count). The van der Waals surface area contributed by atoms with E-state index in [4.69, 9.17) is 9.47 Å². The molecule has 172 valence electrons. The molecule has 31 heavy (non-hydrogen) atoms. The third-order valence-corrected chi connectivity index (χ3v) is 7.42. The van der Waals surface area contributed by atoms with E-state index in [0.717, 1.165) is 71.5 Å². The number of hydrogen-bond acceptors (Lipinski definition) is 6. The van der Waals surface area contributed by atoms with Crippen molar-refractivity contribution in [2.45, 2.75) is 58.0 Å². The highest BCUT2D eigenvalue weighted by Crippen LogP contribution is 2.48. The van der Waals surface area contributed by atoms with Gasteiger partial charge in [0.25, 0.3) is 0 Å². The summed E-state index contributed by atoms with van der Waals surface area (Å²) < 4.78 is 12.9. The van der Waals surface area contributed by atoms with Gasteiger partial charge in [0.15, 0.2) is 0 Å². The standard InChI is InChI=1S/C23H36N4O4/c1-2-31-22(29)23-8-6-20(25-13-15-30-16-14-25)17-19(23)7-12-26(18-23)21(28)5-3-10-27-11-4-9-24-27/h4,9,11,19-20H,2-3,5-8,10,12-18H2,1H3/t19-,20-,23-/m1/s1. The number of ether oxygens (including phenoxy) is 2. The molecule has 8 nitrogen and oxygen atoms in total. The largest absolute Gasteiger partial charge is 0.466 e. The van der Waals surface area contributed by atoms with Crippen LogP contribution in [0.4, 0.5) is 0 Å². The maximum atomic E-state index is 13.2. The van der Waals surface area contributed by atoms with Gasteiger partial charge in [0.2, 0.25) is 5.91 Å². The third kappa shape index (κ3) is 4.95. The number of aromatic nitrogens is 2. The highest BCUT2D eigenvalue weighted by Gasteiger charge is 2.54. The number of fused-ring (bicyclic) bond motifs is 1. The molecule has 1 saturated carbocycles. The van der Waals surface area contributed by atoms with Gasteiger partial charge >= 0.3 is 5.97 Å². The van der Waals surface area contributed by atoms with Crippen molar-refractivity contribution >= 4 is 11.9 Å². The number of esters is 1. The first-order chi connectivity index (χ1) is 15.1. The first-order valence-corrected chi connectivity index (χ1v) is 11.9. The lowest BCUT2D eigenvalue weighted by atomic mass is 9.61. The molecule has 1 aliphatic carbocycles. The van der Waals surface area contributed by atoms with Gasteiger partial charge in [-0.2, -0.15) is 5.10 Å². The van der Waals surface area contributed by atoms with Gasteiger partial charge in [-0.3, -0.25) is 19.2 Å². The molecule has 0 aromatic carbocycles. The molecule has 1 aromatic heterocycles. The number of hydrogen-bond donors (Lipinski definition) is 0. The summed E-state index contributed by atoms with van der Waals surface area (Å²) in [6.45, 7) is 7.78. The zero-order chi connectivity index (χ0) is 21.7. The molecule has 1 amide bonds. The molecule has 1 aromatic rings. The first-order valence-electron chi connectivity index (χ1n) is 11.9. The molecule has 3 heterocycles. The number of aryl methyl sites for hydroxylation is 1. The topological polar surface area (TPSA) is 76.9 Å². The van der Waals surface area contributed by atoms with Gasteiger partial charge in [0, 0.05) is 57.6 Å². The van der Waals surface area contributed by atoms with Crippen LogP contribution in [0.1, 0.15) is 45.4 Å². The van der Waals surface area contributed by atoms with E-state index in [-0.39, 0.29) is 17.8 Å². The molecule has 2 saturated heterocycles. The summed E-state index contributed by atoms with van der Waals surface area (Å²) >= 11 is 0. The van der Waals surface area contributed by atoms with E-state index in [1.54, 1.807) is 6.20 Å². The lowest BCUT2D eigenvalue weighted by molar-refractivity contribution is -0.171. The van der Waals surface area contributed by atoms with Crippen molar-refractivity contribution in [2.24, 2.45) is 11.3 Å². The molecule has 3 fully saturated rings. The van der Waals surface area contributed by atoms with Crippen LogP contribution in [0, 0.1) is 11.3 Å². The van der Waals surface area contributed by atoms with E-state index >= 15 is 0 Å². The molecule has 8 heteroatoms. The Morgan fingerprint density at radius 2 is 2.06 bits per heavy atom. The van der Waals surface area contributed by atoms with Gasteiger partial charge < -0.3 is 14.4 Å². The van der Waals surface area contributed by atoms with Crippen LogP contribution in [0.2, 0.25) is 0 Å². The number of morpholine rings is 1. The monoisotopic (exact) mass is 432 g/mol. The molecular formula is C23H36N4O4. The van der Waals surface area contributed by atoms with Gasteiger partial charge in [0.05, 0.1) is 25.2 Å². The van der Waals surface area contributed by atoms with Crippen molar-refractivity contribution in [1.82, 2.24) is 19.6 Å². The van der Waals surface area contributed by atoms with Gasteiger partial charge in [-0.05, 0) is 51.0 Å². The second kappa shape index (κ2) is 10.1. The zero-order valence-corrected chi connectivity index (χ0v) is 18.7. The van der Waals surface area contributed by atoms with E-state index in [1.807, 2.05) is 28.8 Å². The van der Waals surface area contributed by atoms with E-state index in [9.17, 15) is 9.59 Å². The van der Waals surface area contributed by atoms with Crippen LogP contribution in [0.25, 0.3) is 0 Å². The number of piperidine rings is 1. The SMILES string of the molecule is CCOC(=O)[C@@]12CC[C@@H](N3CCOCC3)C[C@H]1CCN(C(=O)CCCn1cccn1)C2. The zero-order valence-electron chi connectivity index (χ0n) is 18.7. The van der Waals surface area contributed by atoms with Crippen LogP contribution in [0.15, 0.2) is 18.5 Å². The summed E-state index contributed by atoms with van der Waals surface area (Å²) in [6, 6.07) is 2.40. The van der Waals surface area contributed by atoms with Gasteiger partial charge in [-0.25, -0.2) is 0 Å². The van der Waals surface area contributed by atoms with Crippen molar-refractivity contribution in [3.63, 3.8) is 0 Å². The molecule has 0 N–H and O–H groups in total. The minimum absolute atomic E-state index is 0.102. The van der Waals surface area contributed by atoms with E-state index in [2.05, 4.69) is 10.00 Å². The number of carbonyl (C=O) groups excluding carboxylic acids is 2. The smallest absolute Gasteiger partial charge is 0.314 e. The minimum Gasteiger partial charge on any atom is -0.466 e. The Balaban J connectivity index is 1.39. The fourth-order valence-electron chi connectivity index (χ4n) is 5.71. The Hall–Kier alpha value is -1.93. The van der Waals surface area contributed by atoms with Crippen LogP contribution >= 0.6 is 0 Å². The predicted octanol–water partition coefficient (Wildman–Crippen LogP) is 1.95. The first kappa shape index (κ1) is 22.3. The molecule has 0 bridgehead atoms. The number of nitrogens with zero attached hydrogens (tertiary/aromatic N) is 4. The van der Waals surface area contributed by atoms with Crippen molar-refractivity contribution in [1.29, 1.82) is 0 Å².